The fourth-order valence-corrected chi connectivity index (χ4v) is 3.50. The molecular formula is C20H11F3N2O3. The predicted molar refractivity (Wildman–Crippen MR) is 92.8 cm³/mol. The molecule has 0 spiro atoms. The first-order chi connectivity index (χ1) is 13.4. The average molecular weight is 384 g/mol. The minimum absolute atomic E-state index is 0.113. The van der Waals surface area contributed by atoms with Gasteiger partial charge >= 0.3 is 0 Å². The number of hydrogen-bond donors (Lipinski definition) is 0. The molecule has 0 radical (unpaired) electrons. The quantitative estimate of drug-likeness (QED) is 0.372. The molecule has 0 aliphatic carbocycles. The molecule has 0 aromatic heterocycles. The molecule has 1 aliphatic heterocycles. The van der Waals surface area contributed by atoms with Crippen LogP contribution >= 0.6 is 0 Å². The molecule has 0 bridgehead atoms. The number of fused-ring (bicyclic) bond motifs is 3. The highest BCUT2D eigenvalue weighted by Gasteiger charge is 2.42. The van der Waals surface area contributed by atoms with E-state index in [4.69, 9.17) is 10.00 Å². The lowest BCUT2D eigenvalue weighted by Gasteiger charge is -2.30. The van der Waals surface area contributed by atoms with Gasteiger partial charge in [0.2, 0.25) is 0 Å². The third kappa shape index (κ3) is 2.81. The van der Waals surface area contributed by atoms with Crippen molar-refractivity contribution in [3.63, 3.8) is 0 Å². The fourth-order valence-electron chi connectivity index (χ4n) is 3.50. The Hall–Kier alpha value is -3.60. The number of rotatable bonds is 2. The highest BCUT2D eigenvalue weighted by molar-refractivity contribution is 5.89. The maximum absolute atomic E-state index is 14.2. The number of nitriles is 1. The van der Waals surface area contributed by atoms with Crippen LogP contribution in [0.15, 0.2) is 42.5 Å². The van der Waals surface area contributed by atoms with E-state index in [2.05, 4.69) is 0 Å². The van der Waals surface area contributed by atoms with Crippen molar-refractivity contribution in [2.24, 2.45) is 0 Å². The molecule has 3 aromatic carbocycles. The van der Waals surface area contributed by atoms with E-state index in [1.165, 1.54) is 0 Å². The van der Waals surface area contributed by atoms with E-state index >= 15 is 0 Å². The van der Waals surface area contributed by atoms with Gasteiger partial charge in [0.15, 0.2) is 17.7 Å². The molecule has 0 amide bonds. The third-order valence-electron chi connectivity index (χ3n) is 4.85. The zero-order chi connectivity index (χ0) is 20.0. The van der Waals surface area contributed by atoms with Crippen molar-refractivity contribution in [1.82, 2.24) is 0 Å². The maximum Gasteiger partial charge on any atom is 0.257 e. The second-order valence-corrected chi connectivity index (χ2v) is 6.47. The van der Waals surface area contributed by atoms with E-state index in [-0.39, 0.29) is 12.2 Å². The molecule has 0 saturated carbocycles. The molecule has 8 heteroatoms. The summed E-state index contributed by atoms with van der Waals surface area (Å²) in [7, 11) is 0. The van der Waals surface area contributed by atoms with Gasteiger partial charge in [0.1, 0.15) is 11.6 Å². The van der Waals surface area contributed by atoms with Gasteiger partial charge < -0.3 is 4.74 Å². The number of benzene rings is 3. The van der Waals surface area contributed by atoms with Crippen LogP contribution in [0.1, 0.15) is 22.8 Å². The summed E-state index contributed by atoms with van der Waals surface area (Å²) in [5.41, 5.74) is 0.472. The lowest BCUT2D eigenvalue weighted by Crippen LogP contribution is -2.37. The topological polar surface area (TPSA) is 76.2 Å². The van der Waals surface area contributed by atoms with Gasteiger partial charge in [0.25, 0.3) is 6.04 Å². The Kier molecular flexibility index (Phi) is 4.15. The number of hydrogen-bond acceptors (Lipinski definition) is 4. The largest absolute Gasteiger partial charge is 0.478 e. The average Bonchev–Trinajstić information content (AvgIpc) is 2.69. The van der Waals surface area contributed by atoms with Crippen LogP contribution in [-0.2, 0) is 6.42 Å². The minimum atomic E-state index is -1.42. The lowest BCUT2D eigenvalue weighted by molar-refractivity contribution is -0.535. The SMILES string of the molecule is N#Cc1ccc2ccc3c(c2c1)CC([N+](=O)[O-])C(c1cc(F)c(F)cc1F)O3. The van der Waals surface area contributed by atoms with Gasteiger partial charge in [-0.1, -0.05) is 12.1 Å². The van der Waals surface area contributed by atoms with Crippen molar-refractivity contribution in [3.8, 4) is 11.8 Å². The number of halogens is 3. The van der Waals surface area contributed by atoms with Crippen molar-refractivity contribution in [1.29, 1.82) is 5.26 Å². The molecule has 2 atom stereocenters. The maximum atomic E-state index is 14.2. The molecule has 2 unspecified atom stereocenters. The van der Waals surface area contributed by atoms with Crippen LogP contribution in [0.3, 0.4) is 0 Å². The Labute approximate surface area is 156 Å². The minimum Gasteiger partial charge on any atom is -0.478 e. The fraction of sp³-hybridized carbons (Fsp3) is 0.150. The molecule has 5 nitrogen and oxygen atoms in total. The van der Waals surface area contributed by atoms with E-state index in [0.717, 1.165) is 5.39 Å². The molecule has 4 rings (SSSR count). The highest BCUT2D eigenvalue weighted by atomic mass is 19.2. The van der Waals surface area contributed by atoms with Crippen molar-refractivity contribution >= 4 is 10.8 Å². The van der Waals surface area contributed by atoms with E-state index < -0.39 is 40.1 Å². The van der Waals surface area contributed by atoms with Crippen molar-refractivity contribution in [3.05, 3.63) is 86.7 Å². The summed E-state index contributed by atoms with van der Waals surface area (Å²) in [4.78, 5) is 11.0. The number of ether oxygens (including phenoxy) is 1. The van der Waals surface area contributed by atoms with Gasteiger partial charge in [-0.3, -0.25) is 10.1 Å². The molecule has 0 saturated heterocycles. The molecule has 0 fully saturated rings. The van der Waals surface area contributed by atoms with Crippen LogP contribution in [0.5, 0.6) is 5.75 Å². The molecule has 3 aromatic rings. The summed E-state index contributed by atoms with van der Waals surface area (Å²) < 4.78 is 46.8. The van der Waals surface area contributed by atoms with E-state index in [1.807, 2.05) is 6.07 Å². The van der Waals surface area contributed by atoms with Crippen molar-refractivity contribution in [2.45, 2.75) is 18.6 Å². The van der Waals surface area contributed by atoms with Gasteiger partial charge in [0, 0.05) is 28.5 Å². The van der Waals surface area contributed by atoms with Crippen LogP contribution in [0.2, 0.25) is 0 Å². The first-order valence-electron chi connectivity index (χ1n) is 8.29. The second kappa shape index (κ2) is 6.53. The summed E-state index contributed by atoms with van der Waals surface area (Å²) >= 11 is 0. The monoisotopic (exact) mass is 384 g/mol. The molecule has 28 heavy (non-hydrogen) atoms. The van der Waals surface area contributed by atoms with Crippen LogP contribution < -0.4 is 4.74 Å². The molecule has 140 valence electrons. The van der Waals surface area contributed by atoms with Crippen LogP contribution in [0, 0.1) is 38.9 Å². The van der Waals surface area contributed by atoms with Gasteiger partial charge in [-0.25, -0.2) is 13.2 Å². The Bertz CT molecular complexity index is 1170. The summed E-state index contributed by atoms with van der Waals surface area (Å²) in [5, 5.41) is 22.1. The summed E-state index contributed by atoms with van der Waals surface area (Å²) in [6.07, 6.45) is -1.54. The van der Waals surface area contributed by atoms with Crippen LogP contribution in [-0.4, -0.2) is 11.0 Å². The van der Waals surface area contributed by atoms with Crippen LogP contribution in [0.25, 0.3) is 10.8 Å². The second-order valence-electron chi connectivity index (χ2n) is 6.47. The summed E-state index contributed by atoms with van der Waals surface area (Å²) in [6, 6.07) is 9.78. The molecule has 1 aliphatic rings. The Morgan fingerprint density at radius 2 is 1.79 bits per heavy atom. The van der Waals surface area contributed by atoms with Crippen molar-refractivity contribution in [2.75, 3.05) is 0 Å². The Balaban J connectivity index is 1.88. The van der Waals surface area contributed by atoms with Gasteiger partial charge in [-0.05, 0) is 35.0 Å². The van der Waals surface area contributed by atoms with E-state index in [1.54, 1.807) is 30.3 Å². The van der Waals surface area contributed by atoms with E-state index in [0.29, 0.717) is 28.6 Å². The smallest absolute Gasteiger partial charge is 0.257 e. The Morgan fingerprint density at radius 1 is 1.07 bits per heavy atom. The molecule has 1 heterocycles. The van der Waals surface area contributed by atoms with E-state index in [9.17, 15) is 23.3 Å². The zero-order valence-electron chi connectivity index (χ0n) is 14.2. The zero-order valence-corrected chi connectivity index (χ0v) is 14.2. The predicted octanol–water partition coefficient (Wildman–Crippen LogP) is 4.45. The Morgan fingerprint density at radius 3 is 2.50 bits per heavy atom. The number of nitrogens with zero attached hydrogens (tertiary/aromatic N) is 2. The standard InChI is InChI=1S/C20H11F3N2O3/c21-15-8-17(23)16(22)6-14(15)20-18(25(26)27)7-13-12-5-10(9-24)1-2-11(12)3-4-19(13)28-20/h1-6,8,18,20H,7H2. The van der Waals surface area contributed by atoms with Gasteiger partial charge in [-0.15, -0.1) is 0 Å². The van der Waals surface area contributed by atoms with Gasteiger partial charge in [-0.2, -0.15) is 5.26 Å². The molecule has 0 N–H and O–H groups in total. The van der Waals surface area contributed by atoms with Crippen LogP contribution in [0.4, 0.5) is 13.2 Å². The summed E-state index contributed by atoms with van der Waals surface area (Å²) in [6.45, 7) is 0. The summed E-state index contributed by atoms with van der Waals surface area (Å²) in [5.74, 6) is -3.54. The lowest BCUT2D eigenvalue weighted by atomic mass is 9.89. The first-order valence-corrected chi connectivity index (χ1v) is 8.29. The number of nitro groups is 1. The van der Waals surface area contributed by atoms with Crippen molar-refractivity contribution < 1.29 is 22.8 Å². The molecular weight excluding hydrogens is 373 g/mol. The first kappa shape index (κ1) is 17.8. The normalized spacial score (nSPS) is 18.2. The highest BCUT2D eigenvalue weighted by Crippen LogP contribution is 2.41. The van der Waals surface area contributed by atoms with Gasteiger partial charge in [0.05, 0.1) is 11.6 Å². The third-order valence-corrected chi connectivity index (χ3v) is 4.85.